The van der Waals surface area contributed by atoms with Crippen molar-refractivity contribution in [1.29, 1.82) is 0 Å². The summed E-state index contributed by atoms with van der Waals surface area (Å²) in [6.45, 7) is 8.95. The van der Waals surface area contributed by atoms with Crippen molar-refractivity contribution in [2.45, 2.75) is 27.7 Å². The van der Waals surface area contributed by atoms with Crippen LogP contribution in [-0.2, 0) is 0 Å². The molecule has 0 amide bonds. The van der Waals surface area contributed by atoms with Crippen molar-refractivity contribution >= 4 is 0 Å². The molecule has 2 aromatic rings. The fourth-order valence-electron chi connectivity index (χ4n) is 2.88. The minimum absolute atomic E-state index is 1.36. The van der Waals surface area contributed by atoms with Crippen LogP contribution in [0.5, 0.6) is 0 Å². The van der Waals surface area contributed by atoms with E-state index in [9.17, 15) is 0 Å². The maximum Gasteiger partial charge on any atom is 0.0214 e. The second-order valence-electron chi connectivity index (χ2n) is 5.02. The van der Waals surface area contributed by atoms with Gasteiger partial charge >= 0.3 is 0 Å². The first-order chi connectivity index (χ1) is 8.11. The topological polar surface area (TPSA) is 0 Å². The zero-order chi connectivity index (χ0) is 12.2. The normalized spacial score (nSPS) is 12.5. The van der Waals surface area contributed by atoms with Crippen molar-refractivity contribution in [2.75, 3.05) is 0 Å². The molecule has 1 aliphatic rings. The van der Waals surface area contributed by atoms with Gasteiger partial charge in [0.25, 0.3) is 0 Å². The fourth-order valence-corrected chi connectivity index (χ4v) is 2.88. The van der Waals surface area contributed by atoms with Gasteiger partial charge in [-0.15, -0.1) is 0 Å². The Kier molecular flexibility index (Phi) is 2.16. The SMILES string of the molecule is Cc1c(C)c(C)c2c(c1C)[CH]c1ccccc1-2. The Morgan fingerprint density at radius 3 is 2.12 bits per heavy atom. The minimum atomic E-state index is 1.36. The minimum Gasteiger partial charge on any atom is -0.0619 e. The molecule has 1 radical (unpaired) electrons. The first kappa shape index (κ1) is 10.6. The summed E-state index contributed by atoms with van der Waals surface area (Å²) in [5.41, 5.74) is 11.4. The Labute approximate surface area is 103 Å². The lowest BCUT2D eigenvalue weighted by Gasteiger charge is -2.15. The largest absolute Gasteiger partial charge is 0.0619 e. The average molecular weight is 221 g/mol. The Balaban J connectivity index is 2.41. The van der Waals surface area contributed by atoms with Gasteiger partial charge in [0.15, 0.2) is 0 Å². The summed E-state index contributed by atoms with van der Waals surface area (Å²) in [5.74, 6) is 0. The Morgan fingerprint density at radius 1 is 0.706 bits per heavy atom. The van der Waals surface area contributed by atoms with Gasteiger partial charge in [-0.05, 0) is 72.2 Å². The molecule has 0 aromatic heterocycles. The molecule has 0 unspecified atom stereocenters. The lowest BCUT2D eigenvalue weighted by molar-refractivity contribution is 1.20. The fraction of sp³-hybridized carbons (Fsp3) is 0.235. The van der Waals surface area contributed by atoms with Crippen molar-refractivity contribution in [3.8, 4) is 11.1 Å². The highest BCUT2D eigenvalue weighted by atomic mass is 14.3. The van der Waals surface area contributed by atoms with E-state index < -0.39 is 0 Å². The highest BCUT2D eigenvalue weighted by Gasteiger charge is 2.24. The zero-order valence-corrected chi connectivity index (χ0v) is 10.9. The van der Waals surface area contributed by atoms with E-state index in [2.05, 4.69) is 58.4 Å². The zero-order valence-electron chi connectivity index (χ0n) is 10.9. The van der Waals surface area contributed by atoms with Gasteiger partial charge in [-0.3, -0.25) is 0 Å². The third-order valence-corrected chi connectivity index (χ3v) is 4.27. The van der Waals surface area contributed by atoms with E-state index in [1.165, 1.54) is 44.5 Å². The molecule has 0 saturated carbocycles. The van der Waals surface area contributed by atoms with Crippen LogP contribution in [0.3, 0.4) is 0 Å². The first-order valence-electron chi connectivity index (χ1n) is 6.15. The van der Waals surface area contributed by atoms with Crippen LogP contribution in [0, 0.1) is 34.1 Å². The molecule has 0 heterocycles. The van der Waals surface area contributed by atoms with Crippen LogP contribution in [0.15, 0.2) is 24.3 Å². The molecule has 17 heavy (non-hydrogen) atoms. The molecule has 0 bridgehead atoms. The average Bonchev–Trinajstić information content (AvgIpc) is 2.73. The Morgan fingerprint density at radius 2 is 1.35 bits per heavy atom. The van der Waals surface area contributed by atoms with Gasteiger partial charge in [0.05, 0.1) is 0 Å². The molecular weight excluding hydrogens is 204 g/mol. The van der Waals surface area contributed by atoms with Crippen LogP contribution in [0.2, 0.25) is 0 Å². The number of benzene rings is 2. The molecule has 0 atom stereocenters. The lowest BCUT2D eigenvalue weighted by Crippen LogP contribution is -1.97. The standard InChI is InChI=1S/C17H17/c1-10-11(2)13(4)17-15-8-6-5-7-14(15)9-16(17)12(10)3/h5-9H,1-4H3. The van der Waals surface area contributed by atoms with Gasteiger partial charge < -0.3 is 0 Å². The number of rotatable bonds is 0. The smallest absolute Gasteiger partial charge is 0.0214 e. The summed E-state index contributed by atoms with van der Waals surface area (Å²) in [6, 6.07) is 8.69. The summed E-state index contributed by atoms with van der Waals surface area (Å²) in [7, 11) is 0. The van der Waals surface area contributed by atoms with Crippen molar-refractivity contribution in [1.82, 2.24) is 0 Å². The van der Waals surface area contributed by atoms with E-state index in [0.29, 0.717) is 0 Å². The summed E-state index contributed by atoms with van der Waals surface area (Å²) in [4.78, 5) is 0. The van der Waals surface area contributed by atoms with Crippen LogP contribution < -0.4 is 0 Å². The molecule has 1 aliphatic carbocycles. The van der Waals surface area contributed by atoms with Crippen LogP contribution >= 0.6 is 0 Å². The number of fused-ring (bicyclic) bond motifs is 3. The predicted molar refractivity (Wildman–Crippen MR) is 73.3 cm³/mol. The van der Waals surface area contributed by atoms with E-state index in [1.54, 1.807) is 0 Å². The second-order valence-corrected chi connectivity index (χ2v) is 5.02. The van der Waals surface area contributed by atoms with Crippen molar-refractivity contribution < 1.29 is 0 Å². The van der Waals surface area contributed by atoms with Gasteiger partial charge in [-0.1, -0.05) is 24.3 Å². The Bertz CT molecular complexity index is 618. The van der Waals surface area contributed by atoms with E-state index in [4.69, 9.17) is 0 Å². The molecule has 0 N–H and O–H groups in total. The Hall–Kier alpha value is -1.56. The van der Waals surface area contributed by atoms with Gasteiger partial charge in [0.1, 0.15) is 0 Å². The summed E-state index contributed by atoms with van der Waals surface area (Å²) < 4.78 is 0. The molecule has 0 spiro atoms. The van der Waals surface area contributed by atoms with Gasteiger partial charge in [0.2, 0.25) is 0 Å². The van der Waals surface area contributed by atoms with Gasteiger partial charge in [-0.2, -0.15) is 0 Å². The third kappa shape index (κ3) is 1.30. The van der Waals surface area contributed by atoms with Gasteiger partial charge in [0, 0.05) is 6.42 Å². The first-order valence-corrected chi connectivity index (χ1v) is 6.15. The van der Waals surface area contributed by atoms with Gasteiger partial charge in [-0.25, -0.2) is 0 Å². The number of hydrogen-bond acceptors (Lipinski definition) is 0. The highest BCUT2D eigenvalue weighted by Crippen LogP contribution is 2.43. The molecule has 0 nitrogen and oxygen atoms in total. The monoisotopic (exact) mass is 221 g/mol. The van der Waals surface area contributed by atoms with Crippen molar-refractivity contribution in [3.63, 3.8) is 0 Å². The summed E-state index contributed by atoms with van der Waals surface area (Å²) in [6.07, 6.45) is 2.33. The van der Waals surface area contributed by atoms with E-state index >= 15 is 0 Å². The highest BCUT2D eigenvalue weighted by molar-refractivity contribution is 5.86. The molecule has 0 saturated heterocycles. The summed E-state index contributed by atoms with van der Waals surface area (Å²) in [5, 5.41) is 0. The van der Waals surface area contributed by atoms with E-state index in [-0.39, 0.29) is 0 Å². The summed E-state index contributed by atoms with van der Waals surface area (Å²) >= 11 is 0. The predicted octanol–water partition coefficient (Wildman–Crippen LogP) is 4.50. The lowest BCUT2D eigenvalue weighted by atomic mass is 9.89. The molecule has 2 aromatic carbocycles. The maximum absolute atomic E-state index is 2.33. The quantitative estimate of drug-likeness (QED) is 0.524. The van der Waals surface area contributed by atoms with E-state index in [1.807, 2.05) is 0 Å². The van der Waals surface area contributed by atoms with Crippen LogP contribution in [0.25, 0.3) is 11.1 Å². The van der Waals surface area contributed by atoms with Crippen molar-refractivity contribution in [3.05, 3.63) is 64.1 Å². The van der Waals surface area contributed by atoms with Crippen LogP contribution in [0.1, 0.15) is 33.4 Å². The molecule has 0 fully saturated rings. The van der Waals surface area contributed by atoms with Crippen LogP contribution in [0.4, 0.5) is 0 Å². The molecule has 0 heteroatoms. The van der Waals surface area contributed by atoms with Crippen molar-refractivity contribution in [2.24, 2.45) is 0 Å². The van der Waals surface area contributed by atoms with Crippen LogP contribution in [-0.4, -0.2) is 0 Å². The molecular formula is C17H17. The maximum atomic E-state index is 2.33. The van der Waals surface area contributed by atoms with E-state index in [0.717, 1.165) is 0 Å². The molecule has 0 aliphatic heterocycles. The third-order valence-electron chi connectivity index (χ3n) is 4.27. The molecule has 3 rings (SSSR count). The second kappa shape index (κ2) is 3.46. The number of hydrogen-bond donors (Lipinski definition) is 0. The molecule has 85 valence electrons.